The molecular formula is C18H23N3O2S. The predicted molar refractivity (Wildman–Crippen MR) is 97.7 cm³/mol. The minimum Gasteiger partial charge on any atom is -0.379 e. The zero-order chi connectivity index (χ0) is 17.3. The molecule has 0 aliphatic carbocycles. The molecule has 5 nitrogen and oxygen atoms in total. The van der Waals surface area contributed by atoms with E-state index in [1.165, 1.54) is 11.3 Å². The smallest absolute Gasteiger partial charge is 0.229 e. The molecular weight excluding hydrogens is 322 g/mol. The Labute approximate surface area is 146 Å². The second-order valence-electron chi connectivity index (χ2n) is 6.45. The number of rotatable bonds is 5. The number of carbonyl (C=O) groups is 1. The van der Waals surface area contributed by atoms with Crippen LogP contribution in [0.15, 0.2) is 30.5 Å². The zero-order valence-corrected chi connectivity index (χ0v) is 15.2. The number of anilines is 2. The largest absolute Gasteiger partial charge is 0.379 e. The molecule has 2 heterocycles. The molecule has 3 rings (SSSR count). The third-order valence-electron chi connectivity index (χ3n) is 4.58. The van der Waals surface area contributed by atoms with Crippen molar-refractivity contribution in [1.29, 1.82) is 0 Å². The van der Waals surface area contributed by atoms with Crippen molar-refractivity contribution in [2.45, 2.75) is 44.8 Å². The van der Waals surface area contributed by atoms with Gasteiger partial charge in [-0.05, 0) is 18.9 Å². The fraction of sp³-hybridized carbons (Fsp3) is 0.444. The molecule has 0 fully saturated rings. The van der Waals surface area contributed by atoms with E-state index in [2.05, 4.69) is 29.5 Å². The van der Waals surface area contributed by atoms with E-state index in [-0.39, 0.29) is 18.4 Å². The number of nitrogens with one attached hydrogen (secondary N) is 2. The number of hydrogen-bond donors (Lipinski definition) is 2. The average Bonchev–Trinajstić information content (AvgIpc) is 3.11. The summed E-state index contributed by atoms with van der Waals surface area (Å²) in [4.78, 5) is 18.1. The maximum atomic E-state index is 12.6. The van der Waals surface area contributed by atoms with Gasteiger partial charge in [-0.1, -0.05) is 32.0 Å². The van der Waals surface area contributed by atoms with Crippen LogP contribution in [0.25, 0.3) is 0 Å². The number of carbonyl (C=O) groups excluding carboxylic acids is 1. The van der Waals surface area contributed by atoms with E-state index in [1.54, 1.807) is 7.11 Å². The van der Waals surface area contributed by atoms with Crippen molar-refractivity contribution in [2.75, 3.05) is 17.7 Å². The standard InChI is InChI=1S/C18H23N3O2S/c1-11(2)15-10-19-17(24-15)21-16(22)9-18(23-4)12(3)20-14-8-6-5-7-13(14)18/h5-8,10-12,20H,9H2,1-4H3,(H,19,21,22). The van der Waals surface area contributed by atoms with Gasteiger partial charge in [0.1, 0.15) is 5.60 Å². The van der Waals surface area contributed by atoms with Gasteiger partial charge in [-0.25, -0.2) is 4.98 Å². The molecule has 24 heavy (non-hydrogen) atoms. The molecule has 0 saturated heterocycles. The molecule has 0 spiro atoms. The molecule has 6 heteroatoms. The molecule has 2 unspecified atom stereocenters. The number of methoxy groups -OCH3 is 1. The summed E-state index contributed by atoms with van der Waals surface area (Å²) < 4.78 is 5.85. The van der Waals surface area contributed by atoms with Gasteiger partial charge in [0, 0.05) is 29.4 Å². The first-order valence-electron chi connectivity index (χ1n) is 8.13. The fourth-order valence-corrected chi connectivity index (χ4v) is 4.02. The van der Waals surface area contributed by atoms with E-state index >= 15 is 0 Å². The summed E-state index contributed by atoms with van der Waals surface area (Å²) >= 11 is 1.52. The quantitative estimate of drug-likeness (QED) is 0.861. The summed E-state index contributed by atoms with van der Waals surface area (Å²) in [5.74, 6) is 0.316. The van der Waals surface area contributed by atoms with Gasteiger partial charge >= 0.3 is 0 Å². The first-order chi connectivity index (χ1) is 11.5. The first kappa shape index (κ1) is 16.9. The van der Waals surface area contributed by atoms with Crippen LogP contribution in [0.5, 0.6) is 0 Å². The Bertz CT molecular complexity index is 743. The van der Waals surface area contributed by atoms with Gasteiger partial charge in [-0.2, -0.15) is 0 Å². The number of fused-ring (bicyclic) bond motifs is 1. The van der Waals surface area contributed by atoms with E-state index < -0.39 is 5.60 Å². The van der Waals surface area contributed by atoms with E-state index in [9.17, 15) is 4.79 Å². The lowest BCUT2D eigenvalue weighted by Gasteiger charge is -2.32. The van der Waals surface area contributed by atoms with Crippen LogP contribution in [-0.4, -0.2) is 24.0 Å². The minimum atomic E-state index is -0.668. The first-order valence-corrected chi connectivity index (χ1v) is 8.94. The Hall–Kier alpha value is -1.92. The van der Waals surface area contributed by atoms with Gasteiger partial charge in [0.2, 0.25) is 5.91 Å². The lowest BCUT2D eigenvalue weighted by Crippen LogP contribution is -2.41. The monoisotopic (exact) mass is 345 g/mol. The molecule has 1 aliphatic heterocycles. The molecule has 128 valence electrons. The number of nitrogens with zero attached hydrogens (tertiary/aromatic N) is 1. The Kier molecular flexibility index (Phi) is 4.60. The maximum absolute atomic E-state index is 12.6. The second-order valence-corrected chi connectivity index (χ2v) is 7.51. The molecule has 2 aromatic rings. The van der Waals surface area contributed by atoms with Crippen LogP contribution in [0, 0.1) is 0 Å². The number of para-hydroxylation sites is 1. The van der Waals surface area contributed by atoms with Crippen molar-refractivity contribution < 1.29 is 9.53 Å². The molecule has 2 N–H and O–H groups in total. The van der Waals surface area contributed by atoms with Gasteiger partial charge in [0.15, 0.2) is 5.13 Å². The van der Waals surface area contributed by atoms with Gasteiger partial charge in [0.05, 0.1) is 12.5 Å². The Morgan fingerprint density at radius 2 is 2.21 bits per heavy atom. The van der Waals surface area contributed by atoms with Crippen LogP contribution < -0.4 is 10.6 Å². The van der Waals surface area contributed by atoms with E-state index in [0.717, 1.165) is 16.1 Å². The summed E-state index contributed by atoms with van der Waals surface area (Å²) in [6.45, 7) is 6.26. The predicted octanol–water partition coefficient (Wildman–Crippen LogP) is 3.95. The Balaban J connectivity index is 1.79. The molecule has 0 bridgehead atoms. The molecule has 1 aliphatic rings. The maximum Gasteiger partial charge on any atom is 0.229 e. The molecule has 1 aromatic heterocycles. The van der Waals surface area contributed by atoms with Gasteiger partial charge in [0.25, 0.3) is 0 Å². The van der Waals surface area contributed by atoms with Crippen LogP contribution >= 0.6 is 11.3 Å². The van der Waals surface area contributed by atoms with Crippen molar-refractivity contribution in [3.8, 4) is 0 Å². The lowest BCUT2D eigenvalue weighted by molar-refractivity contribution is -0.123. The topological polar surface area (TPSA) is 63.2 Å². The van der Waals surface area contributed by atoms with Gasteiger partial charge in [-0.15, -0.1) is 11.3 Å². The molecule has 0 radical (unpaired) electrons. The molecule has 2 atom stereocenters. The fourth-order valence-electron chi connectivity index (χ4n) is 3.18. The van der Waals surface area contributed by atoms with Crippen LogP contribution in [0.3, 0.4) is 0 Å². The van der Waals surface area contributed by atoms with E-state index in [4.69, 9.17) is 4.74 Å². The number of hydrogen-bond acceptors (Lipinski definition) is 5. The molecule has 1 aromatic carbocycles. The van der Waals surface area contributed by atoms with Crippen molar-refractivity contribution in [3.63, 3.8) is 0 Å². The van der Waals surface area contributed by atoms with Crippen LogP contribution in [0.2, 0.25) is 0 Å². The summed E-state index contributed by atoms with van der Waals surface area (Å²) in [7, 11) is 1.66. The third-order valence-corrected chi connectivity index (χ3v) is 5.79. The van der Waals surface area contributed by atoms with Gasteiger partial charge < -0.3 is 15.4 Å². The third kappa shape index (κ3) is 2.91. The highest BCUT2D eigenvalue weighted by Gasteiger charge is 2.46. The highest BCUT2D eigenvalue weighted by molar-refractivity contribution is 7.15. The van der Waals surface area contributed by atoms with Crippen molar-refractivity contribution in [3.05, 3.63) is 40.9 Å². The van der Waals surface area contributed by atoms with Crippen LogP contribution in [-0.2, 0) is 15.1 Å². The zero-order valence-electron chi connectivity index (χ0n) is 14.4. The second kappa shape index (κ2) is 6.53. The number of ether oxygens (including phenoxy) is 1. The van der Waals surface area contributed by atoms with Crippen molar-refractivity contribution in [1.82, 2.24) is 4.98 Å². The normalized spacial score (nSPS) is 22.3. The summed E-state index contributed by atoms with van der Waals surface area (Å²) in [5.41, 5.74) is 1.38. The Morgan fingerprint density at radius 3 is 2.88 bits per heavy atom. The number of thiazole rings is 1. The van der Waals surface area contributed by atoms with E-state index in [0.29, 0.717) is 11.0 Å². The Morgan fingerprint density at radius 1 is 1.46 bits per heavy atom. The highest BCUT2D eigenvalue weighted by Crippen LogP contribution is 2.44. The number of amides is 1. The summed E-state index contributed by atoms with van der Waals surface area (Å²) in [6.07, 6.45) is 2.07. The summed E-state index contributed by atoms with van der Waals surface area (Å²) in [5, 5.41) is 6.97. The van der Waals surface area contributed by atoms with Crippen LogP contribution in [0.4, 0.5) is 10.8 Å². The van der Waals surface area contributed by atoms with E-state index in [1.807, 2.05) is 37.4 Å². The number of benzene rings is 1. The van der Waals surface area contributed by atoms with Gasteiger partial charge in [-0.3, -0.25) is 4.79 Å². The number of aromatic nitrogens is 1. The molecule has 1 amide bonds. The average molecular weight is 345 g/mol. The highest BCUT2D eigenvalue weighted by atomic mass is 32.1. The van der Waals surface area contributed by atoms with Crippen LogP contribution in [0.1, 0.15) is 43.6 Å². The van der Waals surface area contributed by atoms with Crippen molar-refractivity contribution >= 4 is 28.1 Å². The minimum absolute atomic E-state index is 0.00756. The molecule has 0 saturated carbocycles. The lowest BCUT2D eigenvalue weighted by atomic mass is 9.86. The SMILES string of the molecule is COC1(CC(=O)Nc2ncc(C(C)C)s2)c2ccccc2NC1C. The van der Waals surface area contributed by atoms with Crippen molar-refractivity contribution in [2.24, 2.45) is 0 Å². The summed E-state index contributed by atoms with van der Waals surface area (Å²) in [6, 6.07) is 7.99.